The molecule has 0 aliphatic heterocycles. The molecule has 176 valence electrons. The van der Waals surface area contributed by atoms with Crippen LogP contribution in [0.1, 0.15) is 83.6 Å². The standard InChI is InChI=1S/C28H41NO3/c1-26-14-5-4-8-20(26)10-11-21-22(26)12-15-27(2)23(21)13-16-28(27,31)18-29-17-19-7-6-9-24(32-3)25(19)30/h6-7,9,17,20-23,30-31H,4-5,8,10-16,18H2,1-3H3/t20-,21-,22-,23-,26+,27+,28-/m1/s1. The van der Waals surface area contributed by atoms with Gasteiger partial charge in [-0.1, -0.05) is 32.8 Å². The van der Waals surface area contributed by atoms with Crippen molar-refractivity contribution < 1.29 is 14.9 Å². The van der Waals surface area contributed by atoms with Gasteiger partial charge in [0.15, 0.2) is 11.5 Å². The minimum absolute atomic E-state index is 0.0558. The summed E-state index contributed by atoms with van der Waals surface area (Å²) in [5.41, 5.74) is 0.364. The Kier molecular flexibility index (Phi) is 5.59. The molecule has 5 rings (SSSR count). The summed E-state index contributed by atoms with van der Waals surface area (Å²) in [6, 6.07) is 5.42. The van der Waals surface area contributed by atoms with Gasteiger partial charge in [-0.3, -0.25) is 4.99 Å². The molecular weight excluding hydrogens is 398 g/mol. The van der Waals surface area contributed by atoms with Gasteiger partial charge in [-0.15, -0.1) is 0 Å². The summed E-state index contributed by atoms with van der Waals surface area (Å²) in [5, 5.41) is 22.2. The predicted octanol–water partition coefficient (Wildman–Crippen LogP) is 5.98. The molecule has 0 heterocycles. The molecule has 4 heteroatoms. The quantitative estimate of drug-likeness (QED) is 0.567. The van der Waals surface area contributed by atoms with Crippen LogP contribution >= 0.6 is 0 Å². The van der Waals surface area contributed by atoms with Crippen LogP contribution in [0.2, 0.25) is 0 Å². The van der Waals surface area contributed by atoms with E-state index in [1.165, 1.54) is 44.9 Å². The summed E-state index contributed by atoms with van der Waals surface area (Å²) in [6.07, 6.45) is 14.5. The summed E-state index contributed by atoms with van der Waals surface area (Å²) in [5.74, 6) is 3.73. The summed E-state index contributed by atoms with van der Waals surface area (Å²) in [6.45, 7) is 5.38. The van der Waals surface area contributed by atoms with E-state index in [-0.39, 0.29) is 11.2 Å². The molecule has 0 bridgehead atoms. The van der Waals surface area contributed by atoms with E-state index in [0.717, 1.165) is 37.0 Å². The number of hydrogen-bond acceptors (Lipinski definition) is 4. The molecule has 4 aliphatic rings. The number of aliphatic hydroxyl groups is 1. The van der Waals surface area contributed by atoms with Crippen LogP contribution in [0.15, 0.2) is 23.2 Å². The van der Waals surface area contributed by atoms with Gasteiger partial charge >= 0.3 is 0 Å². The number of aliphatic imine (C=N–C) groups is 1. The molecule has 4 aliphatic carbocycles. The molecule has 4 nitrogen and oxygen atoms in total. The van der Waals surface area contributed by atoms with E-state index < -0.39 is 5.60 Å². The van der Waals surface area contributed by atoms with Gasteiger partial charge in [0.25, 0.3) is 0 Å². The largest absolute Gasteiger partial charge is 0.504 e. The lowest BCUT2D eigenvalue weighted by Crippen LogP contribution is -2.56. The van der Waals surface area contributed by atoms with Crippen molar-refractivity contribution in [2.45, 2.75) is 83.7 Å². The normalized spacial score (nSPS) is 43.5. The van der Waals surface area contributed by atoms with Gasteiger partial charge in [0.1, 0.15) is 0 Å². The maximum absolute atomic E-state index is 11.9. The number of methoxy groups -OCH3 is 1. The van der Waals surface area contributed by atoms with Crippen LogP contribution in [0.4, 0.5) is 0 Å². The summed E-state index contributed by atoms with van der Waals surface area (Å²) >= 11 is 0. The van der Waals surface area contributed by atoms with E-state index in [9.17, 15) is 10.2 Å². The molecule has 4 saturated carbocycles. The molecule has 0 spiro atoms. The number of aromatic hydroxyl groups is 1. The topological polar surface area (TPSA) is 62.0 Å². The van der Waals surface area contributed by atoms with E-state index in [0.29, 0.717) is 29.2 Å². The van der Waals surface area contributed by atoms with Gasteiger partial charge in [0.2, 0.25) is 0 Å². The van der Waals surface area contributed by atoms with Crippen molar-refractivity contribution in [2.75, 3.05) is 13.7 Å². The Balaban J connectivity index is 1.34. The van der Waals surface area contributed by atoms with Crippen LogP contribution in [0, 0.1) is 34.5 Å². The van der Waals surface area contributed by atoms with E-state index in [1.54, 1.807) is 19.4 Å². The van der Waals surface area contributed by atoms with Crippen molar-refractivity contribution in [1.82, 2.24) is 0 Å². The van der Waals surface area contributed by atoms with Gasteiger partial charge in [-0.05, 0) is 92.6 Å². The Hall–Kier alpha value is -1.55. The van der Waals surface area contributed by atoms with Crippen molar-refractivity contribution in [1.29, 1.82) is 0 Å². The lowest BCUT2D eigenvalue weighted by molar-refractivity contribution is -0.147. The Labute approximate surface area is 193 Å². The molecule has 0 radical (unpaired) electrons. The zero-order valence-corrected chi connectivity index (χ0v) is 20.1. The monoisotopic (exact) mass is 439 g/mol. The van der Waals surface area contributed by atoms with Gasteiger partial charge in [-0.2, -0.15) is 0 Å². The number of rotatable bonds is 4. The number of phenolic OH excluding ortho intramolecular Hbond substituents is 1. The van der Waals surface area contributed by atoms with E-state index in [2.05, 4.69) is 18.8 Å². The lowest BCUT2D eigenvalue weighted by atomic mass is 9.44. The fourth-order valence-corrected chi connectivity index (χ4v) is 8.77. The van der Waals surface area contributed by atoms with Crippen LogP contribution in [0.3, 0.4) is 0 Å². The number of phenols is 1. The summed E-state index contributed by atoms with van der Waals surface area (Å²) in [7, 11) is 1.55. The van der Waals surface area contributed by atoms with Crippen molar-refractivity contribution in [3.8, 4) is 11.5 Å². The Morgan fingerprint density at radius 1 is 1.03 bits per heavy atom. The first-order valence-corrected chi connectivity index (χ1v) is 12.9. The number of hydrogen-bond donors (Lipinski definition) is 2. The average molecular weight is 440 g/mol. The Morgan fingerprint density at radius 2 is 1.84 bits per heavy atom. The number of para-hydroxylation sites is 1. The highest BCUT2D eigenvalue weighted by Crippen LogP contribution is 2.68. The van der Waals surface area contributed by atoms with Gasteiger partial charge in [0.05, 0.1) is 19.3 Å². The molecular formula is C28H41NO3. The molecule has 0 amide bonds. The highest BCUT2D eigenvalue weighted by molar-refractivity contribution is 5.84. The highest BCUT2D eigenvalue weighted by Gasteiger charge is 2.64. The van der Waals surface area contributed by atoms with Gasteiger partial charge in [-0.25, -0.2) is 0 Å². The third kappa shape index (κ3) is 3.23. The number of ether oxygens (including phenoxy) is 1. The molecule has 0 saturated heterocycles. The SMILES string of the molecule is COc1cccc(C=NC[C@]2(O)CC[C@@H]3[C@@H]4CC[C@H]5CCCC[C@]5(C)[C@@H]4CC[C@@]32C)c1O. The van der Waals surface area contributed by atoms with Crippen LogP contribution < -0.4 is 4.74 Å². The number of nitrogens with zero attached hydrogens (tertiary/aromatic N) is 1. The van der Waals surface area contributed by atoms with Crippen LogP contribution in [-0.2, 0) is 0 Å². The zero-order valence-electron chi connectivity index (χ0n) is 20.1. The zero-order chi connectivity index (χ0) is 22.6. The minimum atomic E-state index is -0.752. The van der Waals surface area contributed by atoms with Gasteiger partial charge < -0.3 is 14.9 Å². The first-order chi connectivity index (χ1) is 15.3. The average Bonchev–Trinajstić information content (AvgIpc) is 3.05. The maximum atomic E-state index is 11.9. The second kappa shape index (κ2) is 8.04. The smallest absolute Gasteiger partial charge is 0.166 e. The molecule has 2 N–H and O–H groups in total. The predicted molar refractivity (Wildman–Crippen MR) is 128 cm³/mol. The third-order valence-electron chi connectivity index (χ3n) is 10.7. The van der Waals surface area contributed by atoms with Crippen LogP contribution in [0.5, 0.6) is 11.5 Å². The summed E-state index contributed by atoms with van der Waals surface area (Å²) in [4.78, 5) is 4.66. The Bertz CT molecular complexity index is 883. The molecule has 1 aromatic rings. The fraction of sp³-hybridized carbons (Fsp3) is 0.750. The molecule has 7 atom stereocenters. The van der Waals surface area contributed by atoms with Crippen molar-refractivity contribution in [2.24, 2.45) is 39.5 Å². The maximum Gasteiger partial charge on any atom is 0.166 e. The second-order valence-corrected chi connectivity index (χ2v) is 11.8. The Morgan fingerprint density at radius 3 is 2.66 bits per heavy atom. The van der Waals surface area contributed by atoms with Crippen molar-refractivity contribution in [3.05, 3.63) is 23.8 Å². The van der Waals surface area contributed by atoms with Crippen molar-refractivity contribution in [3.63, 3.8) is 0 Å². The number of fused-ring (bicyclic) bond motifs is 5. The highest BCUT2D eigenvalue weighted by atomic mass is 16.5. The van der Waals surface area contributed by atoms with E-state index >= 15 is 0 Å². The van der Waals surface area contributed by atoms with E-state index in [4.69, 9.17) is 4.74 Å². The van der Waals surface area contributed by atoms with E-state index in [1.807, 2.05) is 12.1 Å². The van der Waals surface area contributed by atoms with Crippen LogP contribution in [-0.4, -0.2) is 35.7 Å². The van der Waals surface area contributed by atoms with Crippen molar-refractivity contribution >= 4 is 6.21 Å². The first-order valence-electron chi connectivity index (χ1n) is 12.9. The van der Waals surface area contributed by atoms with Gasteiger partial charge in [0, 0.05) is 17.2 Å². The molecule has 32 heavy (non-hydrogen) atoms. The molecule has 0 unspecified atom stereocenters. The number of benzene rings is 1. The molecule has 0 aromatic heterocycles. The fourth-order valence-electron chi connectivity index (χ4n) is 8.77. The first kappa shape index (κ1) is 22.3. The molecule has 4 fully saturated rings. The summed E-state index contributed by atoms with van der Waals surface area (Å²) < 4.78 is 5.21. The second-order valence-electron chi connectivity index (χ2n) is 11.8. The molecule has 1 aromatic carbocycles. The lowest BCUT2D eigenvalue weighted by Gasteiger charge is -2.61. The van der Waals surface area contributed by atoms with Crippen LogP contribution in [0.25, 0.3) is 0 Å². The third-order valence-corrected chi connectivity index (χ3v) is 10.7. The minimum Gasteiger partial charge on any atom is -0.504 e.